The van der Waals surface area contributed by atoms with Gasteiger partial charge in [0.15, 0.2) is 0 Å². The fourth-order valence-corrected chi connectivity index (χ4v) is 3.15. The minimum Gasteiger partial charge on any atom is -0.481 e. The molecule has 0 bridgehead atoms. The number of hydrogen-bond donors (Lipinski definition) is 2. The van der Waals surface area contributed by atoms with E-state index in [4.69, 9.17) is 9.52 Å². The molecule has 1 aliphatic carbocycles. The van der Waals surface area contributed by atoms with Gasteiger partial charge in [0.1, 0.15) is 12.2 Å². The average molecular weight is 313 g/mol. The maximum atomic E-state index is 12.6. The number of fused-ring (bicyclic) bond motifs is 1. The number of carboxylic acid groups (broad SMARTS) is 1. The molecule has 0 spiro atoms. The molecule has 0 atom stereocenters. The van der Waals surface area contributed by atoms with E-state index in [0.717, 1.165) is 24.9 Å². The van der Waals surface area contributed by atoms with Crippen molar-refractivity contribution in [2.24, 2.45) is 0 Å². The summed E-state index contributed by atoms with van der Waals surface area (Å²) in [6, 6.07) is 5.94. The smallest absolute Gasteiger partial charge is 0.311 e. The molecule has 1 heterocycles. The van der Waals surface area contributed by atoms with E-state index in [1.807, 2.05) is 12.1 Å². The largest absolute Gasteiger partial charge is 0.481 e. The highest BCUT2D eigenvalue weighted by Crippen LogP contribution is 2.29. The van der Waals surface area contributed by atoms with Gasteiger partial charge in [-0.1, -0.05) is 12.1 Å². The first-order valence-corrected chi connectivity index (χ1v) is 7.77. The van der Waals surface area contributed by atoms with Crippen molar-refractivity contribution in [2.45, 2.75) is 39.0 Å². The monoisotopic (exact) mass is 313 g/mol. The van der Waals surface area contributed by atoms with Gasteiger partial charge in [-0.05, 0) is 49.8 Å². The first kappa shape index (κ1) is 15.3. The number of benzene rings is 1. The van der Waals surface area contributed by atoms with Gasteiger partial charge in [0.25, 0.3) is 5.91 Å². The van der Waals surface area contributed by atoms with Gasteiger partial charge in [-0.2, -0.15) is 0 Å². The zero-order valence-corrected chi connectivity index (χ0v) is 13.0. The van der Waals surface area contributed by atoms with Crippen LogP contribution in [0.4, 0.5) is 5.69 Å². The molecule has 5 heteroatoms. The van der Waals surface area contributed by atoms with Crippen LogP contribution in [0.25, 0.3) is 0 Å². The van der Waals surface area contributed by atoms with E-state index in [0.29, 0.717) is 11.1 Å². The fourth-order valence-electron chi connectivity index (χ4n) is 3.15. The molecule has 0 radical (unpaired) electrons. The zero-order valence-electron chi connectivity index (χ0n) is 13.0. The molecule has 1 aliphatic rings. The van der Waals surface area contributed by atoms with Gasteiger partial charge in [-0.3, -0.25) is 9.59 Å². The van der Waals surface area contributed by atoms with E-state index in [9.17, 15) is 9.59 Å². The lowest BCUT2D eigenvalue weighted by atomic mass is 9.90. The third-order valence-corrected chi connectivity index (χ3v) is 4.23. The predicted octanol–water partition coefficient (Wildman–Crippen LogP) is 3.35. The molecule has 23 heavy (non-hydrogen) atoms. The van der Waals surface area contributed by atoms with Gasteiger partial charge >= 0.3 is 5.97 Å². The molecule has 2 aromatic rings. The molecule has 120 valence electrons. The molecule has 0 unspecified atom stereocenters. The van der Waals surface area contributed by atoms with Crippen molar-refractivity contribution in [1.82, 2.24) is 0 Å². The molecule has 5 nitrogen and oxygen atoms in total. The lowest BCUT2D eigenvalue weighted by Crippen LogP contribution is -2.17. The Balaban J connectivity index is 1.88. The Hall–Kier alpha value is -2.56. The highest BCUT2D eigenvalue weighted by molar-refractivity contribution is 6.06. The topological polar surface area (TPSA) is 79.5 Å². The van der Waals surface area contributed by atoms with Gasteiger partial charge < -0.3 is 14.8 Å². The van der Waals surface area contributed by atoms with Crippen molar-refractivity contribution < 1.29 is 19.1 Å². The van der Waals surface area contributed by atoms with Crippen LogP contribution in [0.15, 0.2) is 28.9 Å². The summed E-state index contributed by atoms with van der Waals surface area (Å²) in [6.45, 7) is 1.74. The summed E-state index contributed by atoms with van der Waals surface area (Å²) >= 11 is 0. The van der Waals surface area contributed by atoms with Crippen LogP contribution < -0.4 is 5.32 Å². The number of aliphatic carboxylic acids is 1. The number of anilines is 1. The Bertz CT molecular complexity index is 760. The zero-order chi connectivity index (χ0) is 16.4. The molecule has 0 aliphatic heterocycles. The van der Waals surface area contributed by atoms with Gasteiger partial charge in [0.05, 0.1) is 11.8 Å². The third kappa shape index (κ3) is 3.13. The molecule has 0 fully saturated rings. The number of carbonyl (C=O) groups is 2. The van der Waals surface area contributed by atoms with E-state index in [1.165, 1.54) is 23.8 Å². The fraction of sp³-hybridized carbons (Fsp3) is 0.333. The highest BCUT2D eigenvalue weighted by atomic mass is 16.4. The van der Waals surface area contributed by atoms with E-state index >= 15 is 0 Å². The Labute approximate surface area is 134 Å². The van der Waals surface area contributed by atoms with Crippen molar-refractivity contribution in [3.05, 3.63) is 52.5 Å². The van der Waals surface area contributed by atoms with Crippen LogP contribution in [0.2, 0.25) is 0 Å². The second-order valence-corrected chi connectivity index (χ2v) is 5.89. The van der Waals surface area contributed by atoms with Crippen molar-refractivity contribution >= 4 is 17.6 Å². The predicted molar refractivity (Wildman–Crippen MR) is 85.8 cm³/mol. The standard InChI is InChI=1S/C18H19NO4/c1-11-10-23-15(9-16(20)21)17(11)18(22)19-14-8-4-6-12-5-2-3-7-13(12)14/h4,6,8,10H,2-3,5,7,9H2,1H3,(H,19,22)(H,20,21). The van der Waals surface area contributed by atoms with Crippen LogP contribution in [0, 0.1) is 6.92 Å². The van der Waals surface area contributed by atoms with Crippen LogP contribution in [0.1, 0.15) is 45.7 Å². The molecule has 3 rings (SSSR count). The molecule has 0 saturated heterocycles. The molecular weight excluding hydrogens is 294 g/mol. The van der Waals surface area contributed by atoms with E-state index in [-0.39, 0.29) is 18.1 Å². The van der Waals surface area contributed by atoms with Gasteiger partial charge in [-0.15, -0.1) is 0 Å². The highest BCUT2D eigenvalue weighted by Gasteiger charge is 2.22. The number of aryl methyl sites for hydroxylation is 2. The number of nitrogens with one attached hydrogen (secondary N) is 1. The van der Waals surface area contributed by atoms with E-state index in [2.05, 4.69) is 11.4 Å². The Morgan fingerprint density at radius 3 is 2.83 bits per heavy atom. The van der Waals surface area contributed by atoms with Gasteiger partial charge in [0, 0.05) is 11.3 Å². The first-order chi connectivity index (χ1) is 11.1. The van der Waals surface area contributed by atoms with Crippen LogP contribution in [-0.4, -0.2) is 17.0 Å². The second-order valence-electron chi connectivity index (χ2n) is 5.89. The molecule has 2 N–H and O–H groups in total. The SMILES string of the molecule is Cc1coc(CC(=O)O)c1C(=O)Nc1cccc2c1CCCC2. The van der Waals surface area contributed by atoms with Crippen LogP contribution >= 0.6 is 0 Å². The lowest BCUT2D eigenvalue weighted by molar-refractivity contribution is -0.136. The summed E-state index contributed by atoms with van der Waals surface area (Å²) in [7, 11) is 0. The number of carboxylic acids is 1. The minimum atomic E-state index is -1.02. The number of rotatable bonds is 4. The number of hydrogen-bond acceptors (Lipinski definition) is 3. The average Bonchev–Trinajstić information content (AvgIpc) is 2.87. The third-order valence-electron chi connectivity index (χ3n) is 4.23. The molecular formula is C18H19NO4. The number of amides is 1. The Morgan fingerprint density at radius 1 is 1.26 bits per heavy atom. The van der Waals surface area contributed by atoms with Crippen molar-refractivity contribution in [3.63, 3.8) is 0 Å². The first-order valence-electron chi connectivity index (χ1n) is 7.77. The van der Waals surface area contributed by atoms with Crippen LogP contribution in [-0.2, 0) is 24.1 Å². The maximum Gasteiger partial charge on any atom is 0.311 e. The number of furan rings is 1. The Kier molecular flexibility index (Phi) is 4.19. The molecule has 1 aromatic carbocycles. The second kappa shape index (κ2) is 6.28. The summed E-state index contributed by atoms with van der Waals surface area (Å²) in [6.07, 6.45) is 5.41. The summed E-state index contributed by atoms with van der Waals surface area (Å²) in [5, 5.41) is 11.9. The Morgan fingerprint density at radius 2 is 2.04 bits per heavy atom. The van der Waals surface area contributed by atoms with Crippen molar-refractivity contribution in [3.8, 4) is 0 Å². The van der Waals surface area contributed by atoms with Crippen molar-refractivity contribution in [1.29, 1.82) is 0 Å². The summed E-state index contributed by atoms with van der Waals surface area (Å²) in [4.78, 5) is 23.5. The van der Waals surface area contributed by atoms with E-state index < -0.39 is 5.97 Å². The van der Waals surface area contributed by atoms with Crippen molar-refractivity contribution in [2.75, 3.05) is 5.32 Å². The maximum absolute atomic E-state index is 12.6. The summed E-state index contributed by atoms with van der Waals surface area (Å²) < 4.78 is 5.24. The van der Waals surface area contributed by atoms with Gasteiger partial charge in [0.2, 0.25) is 0 Å². The minimum absolute atomic E-state index is 0.192. The van der Waals surface area contributed by atoms with E-state index in [1.54, 1.807) is 6.92 Å². The lowest BCUT2D eigenvalue weighted by Gasteiger charge is -2.19. The molecule has 1 aromatic heterocycles. The summed E-state index contributed by atoms with van der Waals surface area (Å²) in [5.74, 6) is -1.14. The normalized spacial score (nSPS) is 13.4. The number of carbonyl (C=O) groups excluding carboxylic acids is 1. The summed E-state index contributed by atoms with van der Waals surface area (Å²) in [5.41, 5.74) is 4.25. The van der Waals surface area contributed by atoms with Gasteiger partial charge in [-0.25, -0.2) is 0 Å². The molecule has 1 amide bonds. The quantitative estimate of drug-likeness (QED) is 0.907. The van der Waals surface area contributed by atoms with Crippen LogP contribution in [0.5, 0.6) is 0 Å². The molecule has 0 saturated carbocycles. The van der Waals surface area contributed by atoms with Crippen LogP contribution in [0.3, 0.4) is 0 Å².